The van der Waals surface area contributed by atoms with Crippen LogP contribution in [0.5, 0.6) is 11.5 Å². The molecule has 0 aliphatic heterocycles. The maximum atomic E-state index is 7.84. The molecule has 2 aromatic rings. The Morgan fingerprint density at radius 3 is 2.22 bits per heavy atom. The lowest BCUT2D eigenvalue weighted by atomic mass is 10.2. The van der Waals surface area contributed by atoms with Crippen LogP contribution in [0, 0.1) is 5.41 Å². The van der Waals surface area contributed by atoms with Crippen molar-refractivity contribution in [1.82, 2.24) is 0 Å². The molecule has 0 radical (unpaired) electrons. The van der Waals surface area contributed by atoms with E-state index in [9.17, 15) is 0 Å². The summed E-state index contributed by atoms with van der Waals surface area (Å²) < 4.78 is 5.70. The van der Waals surface area contributed by atoms with E-state index in [0.29, 0.717) is 5.04 Å². The van der Waals surface area contributed by atoms with Crippen molar-refractivity contribution in [3.8, 4) is 11.5 Å². The molecule has 0 heterocycles. The number of para-hydroxylation sites is 1. The first-order valence-electron chi connectivity index (χ1n) is 5.84. The van der Waals surface area contributed by atoms with Gasteiger partial charge in [0.05, 0.1) is 5.04 Å². The van der Waals surface area contributed by atoms with Gasteiger partial charge in [-0.25, -0.2) is 0 Å². The molecule has 1 N–H and O–H groups in total. The zero-order chi connectivity index (χ0) is 12.8. The van der Waals surface area contributed by atoms with E-state index in [2.05, 4.69) is 0 Å². The molecule has 2 nitrogen and oxygen atoms in total. The van der Waals surface area contributed by atoms with Crippen molar-refractivity contribution in [2.24, 2.45) is 0 Å². The highest BCUT2D eigenvalue weighted by Crippen LogP contribution is 2.22. The van der Waals surface area contributed by atoms with Crippen LogP contribution < -0.4 is 4.74 Å². The van der Waals surface area contributed by atoms with E-state index < -0.39 is 0 Å². The molecule has 0 spiro atoms. The van der Waals surface area contributed by atoms with Crippen LogP contribution in [0.1, 0.15) is 12.5 Å². The van der Waals surface area contributed by atoms with Crippen LogP contribution in [-0.2, 0) is 0 Å². The topological polar surface area (TPSA) is 33.1 Å². The van der Waals surface area contributed by atoms with Gasteiger partial charge in [-0.3, -0.25) is 5.41 Å². The normalized spacial score (nSPS) is 10.1. The molecule has 0 unspecified atom stereocenters. The smallest absolute Gasteiger partial charge is 0.127 e. The van der Waals surface area contributed by atoms with Crippen molar-refractivity contribution in [1.29, 1.82) is 5.41 Å². The molecule has 0 amide bonds. The molecule has 0 aliphatic carbocycles. The number of nitrogens with one attached hydrogen (secondary N) is 1. The standard InChI is InChI=1S/C15H15NOS/c1-2-18-15(16)12-8-10-14(11-9-12)17-13-6-4-3-5-7-13/h3-11,16H,2H2,1H3. The molecular weight excluding hydrogens is 242 g/mol. The molecule has 0 aliphatic rings. The number of hydrogen-bond acceptors (Lipinski definition) is 3. The van der Waals surface area contributed by atoms with Gasteiger partial charge in [0.1, 0.15) is 11.5 Å². The zero-order valence-corrected chi connectivity index (χ0v) is 11.0. The number of benzene rings is 2. The summed E-state index contributed by atoms with van der Waals surface area (Å²) in [5.41, 5.74) is 0.933. The monoisotopic (exact) mass is 257 g/mol. The molecule has 0 fully saturated rings. The van der Waals surface area contributed by atoms with Crippen molar-refractivity contribution < 1.29 is 4.74 Å². The van der Waals surface area contributed by atoms with Gasteiger partial charge in [-0.15, -0.1) is 11.8 Å². The quantitative estimate of drug-likeness (QED) is 0.643. The average Bonchev–Trinajstić information content (AvgIpc) is 2.41. The summed E-state index contributed by atoms with van der Waals surface area (Å²) in [6, 6.07) is 17.3. The van der Waals surface area contributed by atoms with E-state index in [1.807, 2.05) is 61.5 Å². The van der Waals surface area contributed by atoms with Crippen molar-refractivity contribution >= 4 is 16.8 Å². The molecule has 0 saturated carbocycles. The lowest BCUT2D eigenvalue weighted by molar-refractivity contribution is 0.482. The molecule has 18 heavy (non-hydrogen) atoms. The van der Waals surface area contributed by atoms with Crippen molar-refractivity contribution in [2.75, 3.05) is 5.75 Å². The van der Waals surface area contributed by atoms with Gasteiger partial charge in [-0.05, 0) is 42.2 Å². The maximum absolute atomic E-state index is 7.84. The van der Waals surface area contributed by atoms with Crippen LogP contribution in [0.15, 0.2) is 54.6 Å². The minimum atomic E-state index is 0.601. The SMILES string of the molecule is CCSC(=N)c1ccc(Oc2ccccc2)cc1. The molecule has 0 aromatic heterocycles. The highest BCUT2D eigenvalue weighted by Gasteiger charge is 2.02. The second-order valence-electron chi connectivity index (χ2n) is 3.70. The first-order valence-corrected chi connectivity index (χ1v) is 6.83. The van der Waals surface area contributed by atoms with Gasteiger partial charge < -0.3 is 4.74 Å². The van der Waals surface area contributed by atoms with E-state index in [0.717, 1.165) is 22.8 Å². The van der Waals surface area contributed by atoms with E-state index in [1.165, 1.54) is 11.8 Å². The second kappa shape index (κ2) is 6.26. The van der Waals surface area contributed by atoms with Crippen LogP contribution in [0.4, 0.5) is 0 Å². The summed E-state index contributed by atoms with van der Waals surface area (Å²) >= 11 is 1.54. The molecular formula is C15H15NOS. The Bertz CT molecular complexity index is 508. The number of thioether (sulfide) groups is 1. The van der Waals surface area contributed by atoms with Gasteiger partial charge in [0.25, 0.3) is 0 Å². The van der Waals surface area contributed by atoms with Crippen LogP contribution in [-0.4, -0.2) is 10.8 Å². The molecule has 0 bridgehead atoms. The Morgan fingerprint density at radius 2 is 1.61 bits per heavy atom. The summed E-state index contributed by atoms with van der Waals surface area (Å²) in [7, 11) is 0. The lowest BCUT2D eigenvalue weighted by Gasteiger charge is -2.06. The van der Waals surface area contributed by atoms with Crippen LogP contribution in [0.25, 0.3) is 0 Å². The Balaban J connectivity index is 2.06. The number of hydrogen-bond donors (Lipinski definition) is 1. The molecule has 0 saturated heterocycles. The minimum Gasteiger partial charge on any atom is -0.457 e. The third kappa shape index (κ3) is 3.37. The Hall–Kier alpha value is -1.74. The Kier molecular flexibility index (Phi) is 4.42. The van der Waals surface area contributed by atoms with E-state index in [-0.39, 0.29) is 0 Å². The molecule has 0 atom stereocenters. The van der Waals surface area contributed by atoms with Gasteiger partial charge in [0.2, 0.25) is 0 Å². The van der Waals surface area contributed by atoms with Gasteiger partial charge in [-0.1, -0.05) is 25.1 Å². The third-order valence-corrected chi connectivity index (χ3v) is 3.20. The number of rotatable bonds is 4. The Labute approximate surface area is 112 Å². The fraction of sp³-hybridized carbons (Fsp3) is 0.133. The zero-order valence-electron chi connectivity index (χ0n) is 10.2. The minimum absolute atomic E-state index is 0.601. The predicted molar refractivity (Wildman–Crippen MR) is 77.9 cm³/mol. The third-order valence-electron chi connectivity index (χ3n) is 2.38. The molecule has 2 rings (SSSR count). The lowest BCUT2D eigenvalue weighted by Crippen LogP contribution is -1.93. The molecule has 92 valence electrons. The van der Waals surface area contributed by atoms with E-state index in [4.69, 9.17) is 10.1 Å². The fourth-order valence-corrected chi connectivity index (χ4v) is 2.12. The number of ether oxygens (including phenoxy) is 1. The molecule has 3 heteroatoms. The largest absolute Gasteiger partial charge is 0.457 e. The highest BCUT2D eigenvalue weighted by atomic mass is 32.2. The Morgan fingerprint density at radius 1 is 1.00 bits per heavy atom. The molecule has 2 aromatic carbocycles. The van der Waals surface area contributed by atoms with Crippen molar-refractivity contribution in [2.45, 2.75) is 6.92 Å². The van der Waals surface area contributed by atoms with Crippen LogP contribution in [0.3, 0.4) is 0 Å². The van der Waals surface area contributed by atoms with Gasteiger partial charge in [-0.2, -0.15) is 0 Å². The summed E-state index contributed by atoms with van der Waals surface area (Å²) in [5.74, 6) is 2.53. The average molecular weight is 257 g/mol. The summed E-state index contributed by atoms with van der Waals surface area (Å²) in [6.07, 6.45) is 0. The first kappa shape index (κ1) is 12.7. The summed E-state index contributed by atoms with van der Waals surface area (Å²) in [5, 5.41) is 8.44. The van der Waals surface area contributed by atoms with Gasteiger partial charge >= 0.3 is 0 Å². The first-order chi connectivity index (χ1) is 8.79. The van der Waals surface area contributed by atoms with Crippen LogP contribution in [0.2, 0.25) is 0 Å². The second-order valence-corrected chi connectivity index (χ2v) is 4.98. The summed E-state index contributed by atoms with van der Waals surface area (Å²) in [6.45, 7) is 2.05. The fourth-order valence-electron chi connectivity index (χ4n) is 1.53. The van der Waals surface area contributed by atoms with Crippen molar-refractivity contribution in [3.05, 3.63) is 60.2 Å². The highest BCUT2D eigenvalue weighted by molar-refractivity contribution is 8.14. The maximum Gasteiger partial charge on any atom is 0.127 e. The predicted octanol–water partition coefficient (Wildman–Crippen LogP) is 4.56. The van der Waals surface area contributed by atoms with Gasteiger partial charge in [0, 0.05) is 5.56 Å². The van der Waals surface area contributed by atoms with Gasteiger partial charge in [0.15, 0.2) is 0 Å². The summed E-state index contributed by atoms with van der Waals surface area (Å²) in [4.78, 5) is 0. The van der Waals surface area contributed by atoms with Crippen LogP contribution >= 0.6 is 11.8 Å². The van der Waals surface area contributed by atoms with E-state index >= 15 is 0 Å². The van der Waals surface area contributed by atoms with Crippen molar-refractivity contribution in [3.63, 3.8) is 0 Å². The van der Waals surface area contributed by atoms with E-state index in [1.54, 1.807) is 0 Å².